The van der Waals surface area contributed by atoms with Gasteiger partial charge in [-0.1, -0.05) is 18.2 Å². The molecule has 0 aliphatic rings. The van der Waals surface area contributed by atoms with Crippen LogP contribution in [0.25, 0.3) is 11.3 Å². The number of hydrogen-bond acceptors (Lipinski definition) is 4. The Hall–Kier alpha value is -1.64. The first-order valence-electron chi connectivity index (χ1n) is 6.95. The van der Waals surface area contributed by atoms with Gasteiger partial charge in [0.25, 0.3) is 0 Å². The first-order valence-corrected chi connectivity index (χ1v) is 7.83. The molecule has 0 radical (unpaired) electrons. The number of nitrogens with two attached hydrogens (primary N) is 1. The lowest BCUT2D eigenvalue weighted by Crippen LogP contribution is -2.19. The van der Waals surface area contributed by atoms with Crippen molar-refractivity contribution in [2.45, 2.75) is 32.0 Å². The highest BCUT2D eigenvalue weighted by Crippen LogP contribution is 2.37. The van der Waals surface area contributed by atoms with Gasteiger partial charge in [-0.05, 0) is 19.4 Å². The first-order chi connectivity index (χ1) is 10.8. The summed E-state index contributed by atoms with van der Waals surface area (Å²) in [4.78, 5) is 15.8. The van der Waals surface area contributed by atoms with Gasteiger partial charge in [-0.2, -0.15) is 13.2 Å². The number of nitrogens with one attached hydrogen (secondary N) is 1. The van der Waals surface area contributed by atoms with Crippen LogP contribution in [0.5, 0.6) is 0 Å². The highest BCUT2D eigenvalue weighted by Gasteiger charge is 2.33. The Morgan fingerprint density at radius 1 is 1.38 bits per heavy atom. The fraction of sp³-hybridized carbons (Fsp3) is 0.333. The molecule has 0 saturated heterocycles. The predicted molar refractivity (Wildman–Crippen MR) is 91.3 cm³/mol. The van der Waals surface area contributed by atoms with Gasteiger partial charge >= 0.3 is 6.18 Å². The number of anilines is 1. The lowest BCUT2D eigenvalue weighted by atomic mass is 10.1. The van der Waals surface area contributed by atoms with Gasteiger partial charge in [-0.3, -0.25) is 4.79 Å². The van der Waals surface area contributed by atoms with Crippen LogP contribution in [-0.4, -0.2) is 16.9 Å². The Labute approximate surface area is 147 Å². The molecule has 1 atom stereocenters. The fourth-order valence-electron chi connectivity index (χ4n) is 1.95. The maximum absolute atomic E-state index is 13.0. The van der Waals surface area contributed by atoms with Crippen LogP contribution in [-0.2, 0) is 11.0 Å². The molecule has 1 aromatic carbocycles. The summed E-state index contributed by atoms with van der Waals surface area (Å²) in [6.07, 6.45) is -3.69. The number of thiazole rings is 1. The summed E-state index contributed by atoms with van der Waals surface area (Å²) >= 11 is 1.08. The van der Waals surface area contributed by atoms with Crippen LogP contribution in [0.4, 0.5) is 18.3 Å². The van der Waals surface area contributed by atoms with Crippen molar-refractivity contribution in [3.63, 3.8) is 0 Å². The molecule has 1 unspecified atom stereocenters. The fourth-order valence-corrected chi connectivity index (χ4v) is 2.68. The van der Waals surface area contributed by atoms with Crippen LogP contribution in [0.1, 0.15) is 25.3 Å². The summed E-state index contributed by atoms with van der Waals surface area (Å²) in [5, 5.41) is 4.34. The largest absolute Gasteiger partial charge is 0.417 e. The van der Waals surface area contributed by atoms with Gasteiger partial charge in [0.2, 0.25) is 5.91 Å². The van der Waals surface area contributed by atoms with Crippen molar-refractivity contribution in [2.75, 3.05) is 5.32 Å². The van der Waals surface area contributed by atoms with E-state index in [1.165, 1.54) is 23.6 Å². The Bertz CT molecular complexity index is 689. The standard InChI is InChI=1S/C15H16F3N3OS.ClH/c1-9(19)6-7-13(22)21-14-20-12(8-23-14)10-4-2-3-5-11(10)15(16,17)18;/h2-5,8-9H,6-7,19H2,1H3,(H,20,21,22);1H. The number of hydrogen-bond donors (Lipinski definition) is 2. The zero-order chi connectivity index (χ0) is 17.0. The minimum atomic E-state index is -4.46. The molecule has 0 fully saturated rings. The van der Waals surface area contributed by atoms with Gasteiger partial charge in [0, 0.05) is 23.4 Å². The molecule has 1 amide bonds. The van der Waals surface area contributed by atoms with Crippen LogP contribution < -0.4 is 11.1 Å². The molecule has 9 heteroatoms. The number of nitrogens with zero attached hydrogens (tertiary/aromatic N) is 1. The third-order valence-electron chi connectivity index (χ3n) is 3.09. The summed E-state index contributed by atoms with van der Waals surface area (Å²) < 4.78 is 39.1. The molecule has 2 aromatic rings. The summed E-state index contributed by atoms with van der Waals surface area (Å²) in [5.74, 6) is -0.257. The van der Waals surface area contributed by atoms with E-state index in [0.717, 1.165) is 17.4 Å². The van der Waals surface area contributed by atoms with Crippen LogP contribution in [0.2, 0.25) is 0 Å². The zero-order valence-corrected chi connectivity index (χ0v) is 14.4. The molecule has 0 bridgehead atoms. The van der Waals surface area contributed by atoms with Crippen molar-refractivity contribution in [3.8, 4) is 11.3 Å². The Morgan fingerprint density at radius 3 is 2.67 bits per heavy atom. The molecule has 24 heavy (non-hydrogen) atoms. The number of carbonyl (C=O) groups excluding carboxylic acids is 1. The Morgan fingerprint density at radius 2 is 2.04 bits per heavy atom. The summed E-state index contributed by atoms with van der Waals surface area (Å²) in [7, 11) is 0. The molecule has 0 aliphatic carbocycles. The predicted octanol–water partition coefficient (Wildman–Crippen LogP) is 4.32. The van der Waals surface area contributed by atoms with Crippen molar-refractivity contribution < 1.29 is 18.0 Å². The van der Waals surface area contributed by atoms with Crippen LogP contribution in [0.15, 0.2) is 29.6 Å². The smallest absolute Gasteiger partial charge is 0.328 e. The molecule has 0 aliphatic heterocycles. The van der Waals surface area contributed by atoms with Crippen LogP contribution in [0, 0.1) is 0 Å². The van der Waals surface area contributed by atoms with Gasteiger partial charge in [-0.25, -0.2) is 4.98 Å². The van der Waals surface area contributed by atoms with E-state index >= 15 is 0 Å². The third kappa shape index (κ3) is 5.47. The molecule has 1 aromatic heterocycles. The van der Waals surface area contributed by atoms with Gasteiger partial charge in [0.15, 0.2) is 5.13 Å². The number of rotatable bonds is 5. The molecule has 3 N–H and O–H groups in total. The first kappa shape index (κ1) is 20.4. The van der Waals surface area contributed by atoms with E-state index in [1.54, 1.807) is 6.92 Å². The zero-order valence-electron chi connectivity index (χ0n) is 12.8. The second-order valence-electron chi connectivity index (χ2n) is 5.15. The van der Waals surface area contributed by atoms with Gasteiger partial charge in [0.1, 0.15) is 0 Å². The van der Waals surface area contributed by atoms with Gasteiger partial charge in [-0.15, -0.1) is 23.7 Å². The number of halogens is 4. The normalized spacial score (nSPS) is 12.4. The molecule has 4 nitrogen and oxygen atoms in total. The highest BCUT2D eigenvalue weighted by molar-refractivity contribution is 7.14. The monoisotopic (exact) mass is 379 g/mol. The van der Waals surface area contributed by atoms with E-state index in [2.05, 4.69) is 10.3 Å². The minimum absolute atomic E-state index is 0. The van der Waals surface area contributed by atoms with Gasteiger partial charge in [0.05, 0.1) is 11.3 Å². The lowest BCUT2D eigenvalue weighted by Gasteiger charge is -2.10. The van der Waals surface area contributed by atoms with Crippen molar-refractivity contribution in [1.82, 2.24) is 4.98 Å². The van der Waals surface area contributed by atoms with E-state index in [1.807, 2.05) is 0 Å². The summed E-state index contributed by atoms with van der Waals surface area (Å²) in [6, 6.07) is 5.13. The maximum Gasteiger partial charge on any atom is 0.417 e. The van der Waals surface area contributed by atoms with Crippen LogP contribution in [0.3, 0.4) is 0 Å². The average Bonchev–Trinajstić information content (AvgIpc) is 2.92. The maximum atomic E-state index is 13.0. The van der Waals surface area contributed by atoms with E-state index < -0.39 is 11.7 Å². The van der Waals surface area contributed by atoms with E-state index in [0.29, 0.717) is 6.42 Å². The Kier molecular flexibility index (Phi) is 7.19. The lowest BCUT2D eigenvalue weighted by molar-refractivity contribution is -0.137. The topological polar surface area (TPSA) is 68.0 Å². The summed E-state index contributed by atoms with van der Waals surface area (Å²) in [6.45, 7) is 1.79. The molecular weight excluding hydrogens is 363 g/mol. The number of benzene rings is 1. The molecule has 2 rings (SSSR count). The number of alkyl halides is 3. The molecule has 1 heterocycles. The SMILES string of the molecule is CC(N)CCC(=O)Nc1nc(-c2ccccc2C(F)(F)F)cs1.Cl. The van der Waals surface area contributed by atoms with Gasteiger partial charge < -0.3 is 11.1 Å². The number of carbonyl (C=O) groups is 1. The number of aromatic nitrogens is 1. The molecule has 132 valence electrons. The highest BCUT2D eigenvalue weighted by atomic mass is 35.5. The second kappa shape index (κ2) is 8.46. The van der Waals surface area contributed by atoms with Crippen molar-refractivity contribution in [3.05, 3.63) is 35.2 Å². The van der Waals surface area contributed by atoms with Crippen LogP contribution >= 0.6 is 23.7 Å². The average molecular weight is 380 g/mol. The molecule has 0 saturated carbocycles. The van der Waals surface area contributed by atoms with Crippen molar-refractivity contribution in [1.29, 1.82) is 0 Å². The molecular formula is C15H17ClF3N3OS. The van der Waals surface area contributed by atoms with E-state index in [-0.39, 0.29) is 47.2 Å². The van der Waals surface area contributed by atoms with Crippen molar-refractivity contribution in [2.24, 2.45) is 5.73 Å². The Balaban J connectivity index is 0.00000288. The second-order valence-corrected chi connectivity index (χ2v) is 6.00. The van der Waals surface area contributed by atoms with E-state index in [9.17, 15) is 18.0 Å². The minimum Gasteiger partial charge on any atom is -0.328 e. The number of amides is 1. The van der Waals surface area contributed by atoms with E-state index in [4.69, 9.17) is 5.73 Å². The van der Waals surface area contributed by atoms with Crippen molar-refractivity contribution >= 4 is 34.8 Å². The quantitative estimate of drug-likeness (QED) is 0.813. The molecule has 0 spiro atoms. The summed E-state index contributed by atoms with van der Waals surface area (Å²) in [5.41, 5.74) is 5.00. The third-order valence-corrected chi connectivity index (χ3v) is 3.84.